The molecule has 1 atom stereocenters. The van der Waals surface area contributed by atoms with Gasteiger partial charge in [0.2, 0.25) is 0 Å². The second-order valence-electron chi connectivity index (χ2n) is 4.57. The second kappa shape index (κ2) is 6.33. The van der Waals surface area contributed by atoms with Gasteiger partial charge in [-0.1, -0.05) is 0 Å². The highest BCUT2D eigenvalue weighted by Crippen LogP contribution is 2.10. The molecule has 1 amide bonds. The summed E-state index contributed by atoms with van der Waals surface area (Å²) < 4.78 is 8.69. The van der Waals surface area contributed by atoms with E-state index in [1.807, 2.05) is 30.8 Å². The molecule has 0 bridgehead atoms. The van der Waals surface area contributed by atoms with Crippen LogP contribution in [-0.4, -0.2) is 39.0 Å². The zero-order valence-corrected chi connectivity index (χ0v) is 11.9. The molecule has 2 rings (SSSR count). The number of nitrogens with zero attached hydrogens (tertiary/aromatic N) is 4. The highest BCUT2D eigenvalue weighted by Gasteiger charge is 2.17. The Bertz CT molecular complexity index is 575. The van der Waals surface area contributed by atoms with Crippen molar-refractivity contribution in [2.45, 2.75) is 19.5 Å². The number of aromatic nitrogens is 4. The summed E-state index contributed by atoms with van der Waals surface area (Å²) in [6, 6.07) is 3.38. The van der Waals surface area contributed by atoms with Gasteiger partial charge < -0.3 is 19.2 Å². The van der Waals surface area contributed by atoms with E-state index in [2.05, 4.69) is 15.5 Å². The summed E-state index contributed by atoms with van der Waals surface area (Å²) in [5, 5.41) is 10.9. The van der Waals surface area contributed by atoms with Gasteiger partial charge in [0.05, 0.1) is 12.6 Å². The third kappa shape index (κ3) is 3.05. The average Bonchev–Trinajstić information content (AvgIpc) is 3.04. The molecule has 0 fully saturated rings. The molecule has 108 valence electrons. The number of carbonyl (C=O) groups is 1. The highest BCUT2D eigenvalue weighted by atomic mass is 16.5. The second-order valence-corrected chi connectivity index (χ2v) is 4.57. The Morgan fingerprint density at radius 2 is 2.35 bits per heavy atom. The van der Waals surface area contributed by atoms with Crippen molar-refractivity contribution < 1.29 is 9.53 Å². The molecule has 0 radical (unpaired) electrons. The van der Waals surface area contributed by atoms with Crippen LogP contribution in [0.4, 0.5) is 0 Å². The van der Waals surface area contributed by atoms with Crippen LogP contribution in [0.3, 0.4) is 0 Å². The number of hydrogen-bond donors (Lipinski definition) is 1. The summed E-state index contributed by atoms with van der Waals surface area (Å²) >= 11 is 0. The number of hydrogen-bond acceptors (Lipinski definition) is 4. The highest BCUT2D eigenvalue weighted by molar-refractivity contribution is 5.92. The maximum absolute atomic E-state index is 12.1. The van der Waals surface area contributed by atoms with Crippen LogP contribution in [0.5, 0.6) is 0 Å². The van der Waals surface area contributed by atoms with Crippen molar-refractivity contribution in [1.82, 2.24) is 24.6 Å². The fourth-order valence-electron chi connectivity index (χ4n) is 1.99. The first-order valence-corrected chi connectivity index (χ1v) is 6.42. The van der Waals surface area contributed by atoms with Crippen LogP contribution in [0.2, 0.25) is 0 Å². The van der Waals surface area contributed by atoms with E-state index in [1.54, 1.807) is 24.1 Å². The standard InChI is InChI=1S/C13H19N5O2/c1-10(12-16-14-9-18(12)7-8-20-3)15-13(19)11-5-4-6-17(11)2/h4-6,9-10H,7-8H2,1-3H3,(H,15,19). The molecule has 20 heavy (non-hydrogen) atoms. The Hall–Kier alpha value is -2.15. The Balaban J connectivity index is 2.05. The molecule has 0 aromatic carbocycles. The molecule has 0 aliphatic carbocycles. The number of aryl methyl sites for hydroxylation is 1. The number of ether oxygens (including phenoxy) is 1. The lowest BCUT2D eigenvalue weighted by Gasteiger charge is -2.15. The van der Waals surface area contributed by atoms with Gasteiger partial charge in [-0.2, -0.15) is 0 Å². The van der Waals surface area contributed by atoms with Gasteiger partial charge in [-0.25, -0.2) is 0 Å². The first-order valence-electron chi connectivity index (χ1n) is 6.42. The SMILES string of the molecule is COCCn1cnnc1C(C)NC(=O)c1cccn1C. The molecule has 1 N–H and O–H groups in total. The van der Waals surface area contributed by atoms with E-state index >= 15 is 0 Å². The monoisotopic (exact) mass is 277 g/mol. The van der Waals surface area contributed by atoms with Gasteiger partial charge in [0.1, 0.15) is 12.0 Å². The molecule has 7 nitrogen and oxygen atoms in total. The first-order chi connectivity index (χ1) is 9.63. The molecule has 2 aromatic rings. The van der Waals surface area contributed by atoms with E-state index in [0.717, 1.165) is 0 Å². The van der Waals surface area contributed by atoms with Crippen molar-refractivity contribution in [2.75, 3.05) is 13.7 Å². The van der Waals surface area contributed by atoms with Crippen molar-refractivity contribution in [3.8, 4) is 0 Å². The third-order valence-electron chi connectivity index (χ3n) is 3.09. The van der Waals surface area contributed by atoms with Gasteiger partial charge in [-0.05, 0) is 19.1 Å². The maximum atomic E-state index is 12.1. The summed E-state index contributed by atoms with van der Waals surface area (Å²) in [4.78, 5) is 12.1. The minimum absolute atomic E-state index is 0.133. The van der Waals surface area contributed by atoms with Gasteiger partial charge in [-0.3, -0.25) is 4.79 Å². The van der Waals surface area contributed by atoms with E-state index in [9.17, 15) is 4.79 Å². The Labute approximate surface area is 117 Å². The van der Waals surface area contributed by atoms with E-state index in [4.69, 9.17) is 4.74 Å². The number of carbonyl (C=O) groups excluding carboxylic acids is 1. The van der Waals surface area contributed by atoms with Crippen molar-refractivity contribution >= 4 is 5.91 Å². The van der Waals surface area contributed by atoms with Gasteiger partial charge in [-0.15, -0.1) is 10.2 Å². The number of nitrogens with one attached hydrogen (secondary N) is 1. The Kier molecular flexibility index (Phi) is 4.52. The summed E-state index contributed by atoms with van der Waals surface area (Å²) in [5.41, 5.74) is 0.611. The van der Waals surface area contributed by atoms with E-state index in [0.29, 0.717) is 24.7 Å². The lowest BCUT2D eigenvalue weighted by atomic mass is 10.3. The molecule has 1 unspecified atom stereocenters. The average molecular weight is 277 g/mol. The van der Waals surface area contributed by atoms with Crippen LogP contribution in [0.15, 0.2) is 24.7 Å². The largest absolute Gasteiger partial charge is 0.383 e. The maximum Gasteiger partial charge on any atom is 0.268 e. The molecule has 7 heteroatoms. The Morgan fingerprint density at radius 3 is 3.00 bits per heavy atom. The minimum atomic E-state index is -0.225. The number of rotatable bonds is 6. The van der Waals surface area contributed by atoms with E-state index in [-0.39, 0.29) is 11.9 Å². The van der Waals surface area contributed by atoms with Crippen LogP contribution in [0, 0.1) is 0 Å². The smallest absolute Gasteiger partial charge is 0.268 e. The zero-order valence-electron chi connectivity index (χ0n) is 11.9. The lowest BCUT2D eigenvalue weighted by molar-refractivity contribution is 0.0929. The van der Waals surface area contributed by atoms with Crippen molar-refractivity contribution in [2.24, 2.45) is 7.05 Å². The van der Waals surface area contributed by atoms with Crippen LogP contribution in [-0.2, 0) is 18.3 Å². The predicted octanol–water partition coefficient (Wildman–Crippen LogP) is 0.754. The van der Waals surface area contributed by atoms with E-state index < -0.39 is 0 Å². The molecule has 0 saturated carbocycles. The van der Waals surface area contributed by atoms with Gasteiger partial charge in [0, 0.05) is 26.9 Å². The topological polar surface area (TPSA) is 74.0 Å². The van der Waals surface area contributed by atoms with Crippen LogP contribution < -0.4 is 5.32 Å². The minimum Gasteiger partial charge on any atom is -0.383 e. The fraction of sp³-hybridized carbons (Fsp3) is 0.462. The summed E-state index contributed by atoms with van der Waals surface area (Å²) in [5.74, 6) is 0.580. The normalized spacial score (nSPS) is 12.3. The van der Waals surface area contributed by atoms with Crippen LogP contribution in [0.1, 0.15) is 29.3 Å². The van der Waals surface area contributed by atoms with Crippen molar-refractivity contribution in [3.63, 3.8) is 0 Å². The molecule has 0 aliphatic heterocycles. The third-order valence-corrected chi connectivity index (χ3v) is 3.09. The summed E-state index contributed by atoms with van der Waals surface area (Å²) in [6.45, 7) is 3.11. The molecule has 0 spiro atoms. The van der Waals surface area contributed by atoms with E-state index in [1.165, 1.54) is 0 Å². The van der Waals surface area contributed by atoms with Crippen LogP contribution in [0.25, 0.3) is 0 Å². The van der Waals surface area contributed by atoms with Crippen molar-refractivity contribution in [1.29, 1.82) is 0 Å². The van der Waals surface area contributed by atoms with Crippen molar-refractivity contribution in [3.05, 3.63) is 36.2 Å². The number of amides is 1. The summed E-state index contributed by atoms with van der Waals surface area (Å²) in [6.07, 6.45) is 3.47. The first kappa shape index (κ1) is 14.3. The summed E-state index contributed by atoms with van der Waals surface area (Å²) in [7, 11) is 3.48. The quantitative estimate of drug-likeness (QED) is 0.845. The lowest BCUT2D eigenvalue weighted by Crippen LogP contribution is -2.30. The molecule has 2 aromatic heterocycles. The fourth-order valence-corrected chi connectivity index (χ4v) is 1.99. The zero-order chi connectivity index (χ0) is 14.5. The van der Waals surface area contributed by atoms with Gasteiger partial charge in [0.25, 0.3) is 5.91 Å². The number of methoxy groups -OCH3 is 1. The molecule has 2 heterocycles. The predicted molar refractivity (Wildman–Crippen MR) is 73.2 cm³/mol. The molecular weight excluding hydrogens is 258 g/mol. The Morgan fingerprint density at radius 1 is 1.55 bits per heavy atom. The van der Waals surface area contributed by atoms with Gasteiger partial charge in [0.15, 0.2) is 5.82 Å². The molecular formula is C13H19N5O2. The molecule has 0 aliphatic rings. The molecule has 0 saturated heterocycles. The van der Waals surface area contributed by atoms with Crippen LogP contribution >= 0.6 is 0 Å². The van der Waals surface area contributed by atoms with Gasteiger partial charge >= 0.3 is 0 Å².